The van der Waals surface area contributed by atoms with Crippen LogP contribution in [0.15, 0.2) is 0 Å². The highest BCUT2D eigenvalue weighted by Crippen LogP contribution is 2.06. The maximum Gasteiger partial charge on any atom is 0.224 e. The molecule has 0 spiro atoms. The predicted molar refractivity (Wildman–Crippen MR) is 77.5 cm³/mol. The number of amides is 1. The van der Waals surface area contributed by atoms with Crippen LogP contribution in [0.1, 0.15) is 40.0 Å². The van der Waals surface area contributed by atoms with E-state index in [0.717, 1.165) is 32.5 Å². The van der Waals surface area contributed by atoms with Crippen LogP contribution < -0.4 is 5.73 Å². The van der Waals surface area contributed by atoms with Crippen molar-refractivity contribution in [2.45, 2.75) is 46.1 Å². The molecule has 0 bridgehead atoms. The molecule has 0 aromatic rings. The van der Waals surface area contributed by atoms with Crippen LogP contribution in [0.2, 0.25) is 0 Å². The van der Waals surface area contributed by atoms with Crippen molar-refractivity contribution < 1.29 is 4.79 Å². The Morgan fingerprint density at radius 1 is 1.22 bits per heavy atom. The van der Waals surface area contributed by atoms with Crippen LogP contribution in [0.5, 0.6) is 0 Å². The van der Waals surface area contributed by atoms with Crippen LogP contribution in [0.25, 0.3) is 0 Å². The van der Waals surface area contributed by atoms with Crippen LogP contribution in [0.3, 0.4) is 0 Å². The SMILES string of the molecule is CCCC(N)CC(=O)N(CCN(C)C)CC(C)C. The van der Waals surface area contributed by atoms with Crippen molar-refractivity contribution in [2.24, 2.45) is 11.7 Å². The van der Waals surface area contributed by atoms with E-state index in [-0.39, 0.29) is 11.9 Å². The summed E-state index contributed by atoms with van der Waals surface area (Å²) in [6.45, 7) is 8.90. The monoisotopic (exact) mass is 257 g/mol. The van der Waals surface area contributed by atoms with Crippen molar-refractivity contribution in [3.63, 3.8) is 0 Å². The normalized spacial score (nSPS) is 13.1. The number of hydrogen-bond donors (Lipinski definition) is 1. The third kappa shape index (κ3) is 8.48. The highest BCUT2D eigenvalue weighted by Gasteiger charge is 2.17. The first kappa shape index (κ1) is 17.4. The number of nitrogens with two attached hydrogens (primary N) is 1. The van der Waals surface area contributed by atoms with Gasteiger partial charge in [0.2, 0.25) is 5.91 Å². The Bertz CT molecular complexity index is 229. The Labute approximate surface area is 113 Å². The van der Waals surface area contributed by atoms with E-state index >= 15 is 0 Å². The molecule has 2 N–H and O–H groups in total. The largest absolute Gasteiger partial charge is 0.341 e. The molecule has 0 saturated carbocycles. The fourth-order valence-corrected chi connectivity index (χ4v) is 1.91. The minimum absolute atomic E-state index is 0.0107. The van der Waals surface area contributed by atoms with E-state index in [9.17, 15) is 4.79 Å². The average molecular weight is 257 g/mol. The lowest BCUT2D eigenvalue weighted by Crippen LogP contribution is -2.41. The molecule has 0 aromatic carbocycles. The highest BCUT2D eigenvalue weighted by atomic mass is 16.2. The average Bonchev–Trinajstić information content (AvgIpc) is 2.23. The summed E-state index contributed by atoms with van der Waals surface area (Å²) in [5.41, 5.74) is 5.95. The predicted octanol–water partition coefficient (Wildman–Crippen LogP) is 1.55. The van der Waals surface area contributed by atoms with Crippen LogP contribution in [0, 0.1) is 5.92 Å². The molecule has 0 aliphatic carbocycles. The van der Waals surface area contributed by atoms with Crippen LogP contribution in [-0.2, 0) is 4.79 Å². The van der Waals surface area contributed by atoms with Gasteiger partial charge in [-0.05, 0) is 26.4 Å². The summed E-state index contributed by atoms with van der Waals surface area (Å²) in [6, 6.07) is 0.0107. The lowest BCUT2D eigenvalue weighted by Gasteiger charge is -2.27. The number of nitrogens with zero attached hydrogens (tertiary/aromatic N) is 2. The number of hydrogen-bond acceptors (Lipinski definition) is 3. The zero-order valence-corrected chi connectivity index (χ0v) is 12.8. The topological polar surface area (TPSA) is 49.6 Å². The van der Waals surface area contributed by atoms with Gasteiger partial charge < -0.3 is 15.5 Å². The number of carbonyl (C=O) groups excluding carboxylic acids is 1. The quantitative estimate of drug-likeness (QED) is 0.682. The van der Waals surface area contributed by atoms with Gasteiger partial charge in [-0.2, -0.15) is 0 Å². The summed E-state index contributed by atoms with van der Waals surface area (Å²) in [4.78, 5) is 16.3. The minimum atomic E-state index is 0.0107. The second kappa shape index (κ2) is 9.34. The van der Waals surface area contributed by atoms with Crippen molar-refractivity contribution in [3.8, 4) is 0 Å². The Balaban J connectivity index is 4.30. The second-order valence-electron chi connectivity index (χ2n) is 5.79. The summed E-state index contributed by atoms with van der Waals surface area (Å²) >= 11 is 0. The van der Waals surface area contributed by atoms with Crippen molar-refractivity contribution >= 4 is 5.91 Å². The van der Waals surface area contributed by atoms with Gasteiger partial charge in [0.1, 0.15) is 0 Å². The van der Waals surface area contributed by atoms with Gasteiger partial charge in [-0.3, -0.25) is 4.79 Å². The molecule has 4 nitrogen and oxygen atoms in total. The van der Waals surface area contributed by atoms with E-state index in [1.807, 2.05) is 19.0 Å². The summed E-state index contributed by atoms with van der Waals surface area (Å²) in [6.07, 6.45) is 2.44. The molecule has 1 amide bonds. The molecule has 0 saturated heterocycles. The van der Waals surface area contributed by atoms with Gasteiger partial charge in [0.25, 0.3) is 0 Å². The summed E-state index contributed by atoms with van der Waals surface area (Å²) in [5, 5.41) is 0. The van der Waals surface area contributed by atoms with E-state index in [4.69, 9.17) is 5.73 Å². The van der Waals surface area contributed by atoms with Gasteiger partial charge in [0.15, 0.2) is 0 Å². The van der Waals surface area contributed by atoms with E-state index in [0.29, 0.717) is 12.3 Å². The van der Waals surface area contributed by atoms with Crippen LogP contribution in [0.4, 0.5) is 0 Å². The van der Waals surface area contributed by atoms with E-state index < -0.39 is 0 Å². The van der Waals surface area contributed by atoms with Crippen LogP contribution in [-0.4, -0.2) is 55.5 Å². The lowest BCUT2D eigenvalue weighted by molar-refractivity contribution is -0.132. The maximum atomic E-state index is 12.2. The maximum absolute atomic E-state index is 12.2. The van der Waals surface area contributed by atoms with Crippen molar-refractivity contribution in [3.05, 3.63) is 0 Å². The first-order valence-corrected chi connectivity index (χ1v) is 7.04. The summed E-state index contributed by atoms with van der Waals surface area (Å²) < 4.78 is 0. The molecule has 1 atom stereocenters. The molecule has 18 heavy (non-hydrogen) atoms. The molecule has 0 rings (SSSR count). The number of likely N-dealkylation sites (N-methyl/N-ethyl adjacent to an activating group) is 1. The molecule has 0 fully saturated rings. The van der Waals surface area contributed by atoms with Crippen molar-refractivity contribution in [2.75, 3.05) is 33.7 Å². The minimum Gasteiger partial charge on any atom is -0.341 e. The fraction of sp³-hybridized carbons (Fsp3) is 0.929. The molecular formula is C14H31N3O. The van der Waals surface area contributed by atoms with Gasteiger partial charge in [-0.15, -0.1) is 0 Å². The van der Waals surface area contributed by atoms with Gasteiger partial charge >= 0.3 is 0 Å². The third-order valence-corrected chi connectivity index (χ3v) is 2.85. The molecule has 0 aliphatic rings. The first-order chi connectivity index (χ1) is 8.36. The van der Waals surface area contributed by atoms with Gasteiger partial charge in [-0.25, -0.2) is 0 Å². The van der Waals surface area contributed by atoms with Gasteiger partial charge in [0.05, 0.1) is 0 Å². The molecule has 0 radical (unpaired) electrons. The van der Waals surface area contributed by atoms with Crippen molar-refractivity contribution in [1.29, 1.82) is 0 Å². The van der Waals surface area contributed by atoms with E-state index in [2.05, 4.69) is 25.7 Å². The summed E-state index contributed by atoms with van der Waals surface area (Å²) in [7, 11) is 4.06. The number of rotatable bonds is 9. The fourth-order valence-electron chi connectivity index (χ4n) is 1.91. The Morgan fingerprint density at radius 3 is 2.28 bits per heavy atom. The van der Waals surface area contributed by atoms with Crippen LogP contribution >= 0.6 is 0 Å². The Kier molecular flexibility index (Phi) is 9.02. The smallest absolute Gasteiger partial charge is 0.224 e. The first-order valence-electron chi connectivity index (χ1n) is 7.04. The zero-order chi connectivity index (χ0) is 14.1. The molecule has 0 aliphatic heterocycles. The standard InChI is InChI=1S/C14H31N3O/c1-6-7-13(15)10-14(18)17(11-12(2)3)9-8-16(4)5/h12-13H,6-11,15H2,1-5H3. The molecule has 4 heteroatoms. The third-order valence-electron chi connectivity index (χ3n) is 2.85. The second-order valence-corrected chi connectivity index (χ2v) is 5.79. The summed E-state index contributed by atoms with van der Waals surface area (Å²) in [5.74, 6) is 0.699. The van der Waals surface area contributed by atoms with Gasteiger partial charge in [0, 0.05) is 32.1 Å². The molecule has 1 unspecified atom stereocenters. The molecule has 108 valence electrons. The highest BCUT2D eigenvalue weighted by molar-refractivity contribution is 5.76. The van der Waals surface area contributed by atoms with E-state index in [1.165, 1.54) is 0 Å². The molecule has 0 aromatic heterocycles. The Hall–Kier alpha value is -0.610. The molecule has 0 heterocycles. The zero-order valence-electron chi connectivity index (χ0n) is 12.8. The van der Waals surface area contributed by atoms with Crippen molar-refractivity contribution in [1.82, 2.24) is 9.80 Å². The van der Waals surface area contributed by atoms with E-state index in [1.54, 1.807) is 0 Å². The number of carbonyl (C=O) groups is 1. The Morgan fingerprint density at radius 2 is 1.83 bits per heavy atom. The lowest BCUT2D eigenvalue weighted by atomic mass is 10.1. The van der Waals surface area contributed by atoms with Gasteiger partial charge in [-0.1, -0.05) is 27.2 Å². The molecular weight excluding hydrogens is 226 g/mol.